The van der Waals surface area contributed by atoms with E-state index in [0.29, 0.717) is 35.5 Å². The first-order chi connectivity index (χ1) is 13.5. The van der Waals surface area contributed by atoms with Crippen molar-refractivity contribution in [1.82, 2.24) is 19.7 Å². The molecule has 2 N–H and O–H groups in total. The van der Waals surface area contributed by atoms with Gasteiger partial charge in [0, 0.05) is 23.7 Å². The lowest BCUT2D eigenvalue weighted by Gasteiger charge is -2.33. The Morgan fingerprint density at radius 2 is 2.04 bits per heavy atom. The van der Waals surface area contributed by atoms with Crippen LogP contribution in [0.15, 0.2) is 42.1 Å². The molecule has 1 fully saturated rings. The van der Waals surface area contributed by atoms with Crippen LogP contribution < -0.4 is 5.73 Å². The Morgan fingerprint density at radius 1 is 1.29 bits per heavy atom. The molecule has 1 aromatic carbocycles. The highest BCUT2D eigenvalue weighted by atomic mass is 35.5. The standard InChI is InChI=1S/C19H22ClN5O2S/c1-2-10-25-18(13-6-8-14(20)9-7-13)22-23-19(25)28-12-16(26)24-11-4-3-5-15(24)17(21)27/h2,6-9,15H,1,3-5,10-12H2,(H2,21,27)/t15-/m1/s1. The Balaban J connectivity index is 1.75. The van der Waals surface area contributed by atoms with Gasteiger partial charge in [-0.25, -0.2) is 0 Å². The van der Waals surface area contributed by atoms with Gasteiger partial charge in [-0.3, -0.25) is 14.2 Å². The third-order valence-electron chi connectivity index (χ3n) is 4.61. The minimum absolute atomic E-state index is 0.116. The molecule has 28 heavy (non-hydrogen) atoms. The van der Waals surface area contributed by atoms with E-state index in [1.165, 1.54) is 11.8 Å². The van der Waals surface area contributed by atoms with E-state index in [0.717, 1.165) is 18.4 Å². The topological polar surface area (TPSA) is 94.1 Å². The van der Waals surface area contributed by atoms with E-state index in [1.54, 1.807) is 23.1 Å². The van der Waals surface area contributed by atoms with Crippen molar-refractivity contribution < 1.29 is 9.59 Å². The first-order valence-corrected chi connectivity index (χ1v) is 10.4. The average Bonchev–Trinajstić information content (AvgIpc) is 3.09. The van der Waals surface area contributed by atoms with E-state index in [-0.39, 0.29) is 11.7 Å². The number of halogens is 1. The number of hydrogen-bond acceptors (Lipinski definition) is 5. The summed E-state index contributed by atoms with van der Waals surface area (Å²) in [6, 6.07) is 6.81. The number of amides is 2. The van der Waals surface area contributed by atoms with Gasteiger partial charge in [-0.05, 0) is 43.5 Å². The molecule has 9 heteroatoms. The van der Waals surface area contributed by atoms with E-state index in [9.17, 15) is 9.59 Å². The number of nitrogens with zero attached hydrogens (tertiary/aromatic N) is 4. The number of thioether (sulfide) groups is 1. The van der Waals surface area contributed by atoms with Crippen molar-refractivity contribution >= 4 is 35.2 Å². The molecule has 3 rings (SSSR count). The second-order valence-electron chi connectivity index (χ2n) is 6.50. The summed E-state index contributed by atoms with van der Waals surface area (Å²) in [7, 11) is 0. The predicted molar refractivity (Wildman–Crippen MR) is 110 cm³/mol. The zero-order chi connectivity index (χ0) is 20.1. The molecule has 2 amide bonds. The number of rotatable bonds is 7. The molecule has 148 valence electrons. The van der Waals surface area contributed by atoms with Crippen LogP contribution in [-0.2, 0) is 16.1 Å². The van der Waals surface area contributed by atoms with E-state index < -0.39 is 11.9 Å². The molecule has 2 heterocycles. The second-order valence-corrected chi connectivity index (χ2v) is 7.88. The molecule has 0 unspecified atom stereocenters. The van der Waals surface area contributed by atoms with E-state index in [4.69, 9.17) is 17.3 Å². The van der Waals surface area contributed by atoms with Crippen molar-refractivity contribution in [3.63, 3.8) is 0 Å². The molecule has 7 nitrogen and oxygen atoms in total. The summed E-state index contributed by atoms with van der Waals surface area (Å²) in [6.07, 6.45) is 4.16. The zero-order valence-electron chi connectivity index (χ0n) is 15.4. The van der Waals surface area contributed by atoms with Gasteiger partial charge < -0.3 is 10.6 Å². The first kappa shape index (κ1) is 20.4. The molecule has 0 spiro atoms. The number of allylic oxidation sites excluding steroid dienone is 1. The molecular weight excluding hydrogens is 398 g/mol. The summed E-state index contributed by atoms with van der Waals surface area (Å²) in [5.41, 5.74) is 6.33. The molecule has 1 aliphatic rings. The van der Waals surface area contributed by atoms with Crippen LogP contribution in [0.25, 0.3) is 11.4 Å². The van der Waals surface area contributed by atoms with E-state index >= 15 is 0 Å². The third-order valence-corrected chi connectivity index (χ3v) is 5.81. The maximum Gasteiger partial charge on any atom is 0.240 e. The van der Waals surface area contributed by atoms with Crippen LogP contribution in [0.3, 0.4) is 0 Å². The van der Waals surface area contributed by atoms with Gasteiger partial charge in [0.2, 0.25) is 11.8 Å². The van der Waals surface area contributed by atoms with Crippen molar-refractivity contribution in [2.24, 2.45) is 5.73 Å². The van der Waals surface area contributed by atoms with Gasteiger partial charge in [-0.1, -0.05) is 29.4 Å². The third kappa shape index (κ3) is 4.56. The molecule has 0 bridgehead atoms. The minimum Gasteiger partial charge on any atom is -0.368 e. The van der Waals surface area contributed by atoms with Crippen molar-refractivity contribution in [2.45, 2.75) is 37.0 Å². The van der Waals surface area contributed by atoms with Crippen LogP contribution >= 0.6 is 23.4 Å². The SMILES string of the molecule is C=CCn1c(SCC(=O)N2CCCC[C@@H]2C(N)=O)nnc1-c1ccc(Cl)cc1. The summed E-state index contributed by atoms with van der Waals surface area (Å²) in [5, 5.41) is 9.77. The highest BCUT2D eigenvalue weighted by Crippen LogP contribution is 2.26. The van der Waals surface area contributed by atoms with Gasteiger partial charge >= 0.3 is 0 Å². The number of primary amides is 1. The van der Waals surface area contributed by atoms with Crippen LogP contribution in [0.4, 0.5) is 0 Å². The smallest absolute Gasteiger partial charge is 0.240 e. The molecule has 0 saturated carbocycles. The summed E-state index contributed by atoms with van der Waals surface area (Å²) >= 11 is 7.25. The Labute approximate surface area is 172 Å². The zero-order valence-corrected chi connectivity index (χ0v) is 17.0. The fraction of sp³-hybridized carbons (Fsp3) is 0.368. The highest BCUT2D eigenvalue weighted by molar-refractivity contribution is 7.99. The van der Waals surface area contributed by atoms with Gasteiger partial charge in [0.05, 0.1) is 5.75 Å². The second kappa shape index (κ2) is 9.25. The van der Waals surface area contributed by atoms with Crippen LogP contribution in [0.1, 0.15) is 19.3 Å². The van der Waals surface area contributed by atoms with E-state index in [1.807, 2.05) is 16.7 Å². The minimum atomic E-state index is -0.516. The van der Waals surface area contributed by atoms with Crippen molar-refractivity contribution in [3.8, 4) is 11.4 Å². The molecule has 1 aromatic heterocycles. The fourth-order valence-corrected chi connectivity index (χ4v) is 4.20. The average molecular weight is 420 g/mol. The van der Waals surface area contributed by atoms with Gasteiger partial charge in [-0.2, -0.15) is 0 Å². The number of aromatic nitrogens is 3. The number of carbonyl (C=O) groups excluding carboxylic acids is 2. The van der Waals surface area contributed by atoms with Crippen molar-refractivity contribution in [3.05, 3.63) is 41.9 Å². The van der Waals surface area contributed by atoms with Crippen LogP contribution in [0.5, 0.6) is 0 Å². The predicted octanol–water partition coefficient (Wildman–Crippen LogP) is 2.74. The Bertz CT molecular complexity index is 868. The lowest BCUT2D eigenvalue weighted by atomic mass is 10.0. The monoisotopic (exact) mass is 419 g/mol. The summed E-state index contributed by atoms with van der Waals surface area (Å²) in [4.78, 5) is 25.9. The van der Waals surface area contributed by atoms with Crippen LogP contribution in [0.2, 0.25) is 5.02 Å². The van der Waals surface area contributed by atoms with E-state index in [2.05, 4.69) is 16.8 Å². The van der Waals surface area contributed by atoms with Gasteiger partial charge in [0.25, 0.3) is 0 Å². The number of carbonyl (C=O) groups is 2. The molecule has 0 radical (unpaired) electrons. The summed E-state index contributed by atoms with van der Waals surface area (Å²) < 4.78 is 1.90. The van der Waals surface area contributed by atoms with Gasteiger partial charge in [0.1, 0.15) is 6.04 Å². The number of nitrogens with two attached hydrogens (primary N) is 1. The Morgan fingerprint density at radius 3 is 2.71 bits per heavy atom. The maximum absolute atomic E-state index is 12.7. The largest absolute Gasteiger partial charge is 0.368 e. The molecule has 1 saturated heterocycles. The Kier molecular flexibility index (Phi) is 6.74. The van der Waals surface area contributed by atoms with Gasteiger partial charge in [-0.15, -0.1) is 16.8 Å². The maximum atomic E-state index is 12.7. The van der Waals surface area contributed by atoms with Crippen molar-refractivity contribution in [2.75, 3.05) is 12.3 Å². The number of piperidine rings is 1. The molecular formula is C19H22ClN5O2S. The summed E-state index contributed by atoms with van der Waals surface area (Å²) in [6.45, 7) is 4.86. The van der Waals surface area contributed by atoms with Crippen LogP contribution in [-0.4, -0.2) is 49.8 Å². The summed E-state index contributed by atoms with van der Waals surface area (Å²) in [5.74, 6) is 0.284. The Hall–Kier alpha value is -2.32. The molecule has 2 aromatic rings. The quantitative estimate of drug-likeness (QED) is 0.550. The normalized spacial score (nSPS) is 16.8. The number of likely N-dealkylation sites (tertiary alicyclic amines) is 1. The number of benzene rings is 1. The lowest BCUT2D eigenvalue weighted by Crippen LogP contribution is -2.51. The van der Waals surface area contributed by atoms with Crippen LogP contribution in [0, 0.1) is 0 Å². The fourth-order valence-electron chi connectivity index (χ4n) is 3.24. The van der Waals surface area contributed by atoms with Gasteiger partial charge in [0.15, 0.2) is 11.0 Å². The molecule has 1 atom stereocenters. The molecule has 0 aliphatic carbocycles. The number of hydrogen-bond donors (Lipinski definition) is 1. The molecule has 1 aliphatic heterocycles. The highest BCUT2D eigenvalue weighted by Gasteiger charge is 2.30. The first-order valence-electron chi connectivity index (χ1n) is 9.03. The van der Waals surface area contributed by atoms with Crippen molar-refractivity contribution in [1.29, 1.82) is 0 Å². The lowest BCUT2D eigenvalue weighted by molar-refractivity contribution is -0.138.